The van der Waals surface area contributed by atoms with E-state index in [1.807, 2.05) is 0 Å². The SMILES string of the molecule is Cl.NC1(C(=O)NCCc2c(F)cccc2F)CC1. The van der Waals surface area contributed by atoms with Crippen molar-refractivity contribution in [1.82, 2.24) is 5.32 Å². The summed E-state index contributed by atoms with van der Waals surface area (Å²) in [5.41, 5.74) is 4.92. The highest BCUT2D eigenvalue weighted by Gasteiger charge is 2.45. The summed E-state index contributed by atoms with van der Waals surface area (Å²) >= 11 is 0. The molecule has 1 aromatic rings. The van der Waals surface area contributed by atoms with E-state index < -0.39 is 17.2 Å². The number of hydrogen-bond donors (Lipinski definition) is 2. The van der Waals surface area contributed by atoms with Crippen molar-refractivity contribution in [3.05, 3.63) is 35.4 Å². The Bertz CT molecular complexity index is 429. The van der Waals surface area contributed by atoms with Crippen LogP contribution < -0.4 is 11.1 Å². The Balaban J connectivity index is 0.00000162. The zero-order valence-corrected chi connectivity index (χ0v) is 10.5. The highest BCUT2D eigenvalue weighted by atomic mass is 35.5. The molecule has 0 heterocycles. The van der Waals surface area contributed by atoms with Crippen LogP contribution in [-0.4, -0.2) is 18.0 Å². The van der Waals surface area contributed by atoms with E-state index in [2.05, 4.69) is 5.32 Å². The largest absolute Gasteiger partial charge is 0.354 e. The molecule has 1 aliphatic carbocycles. The van der Waals surface area contributed by atoms with Crippen LogP contribution in [0.3, 0.4) is 0 Å². The molecular formula is C12H15ClF2N2O. The van der Waals surface area contributed by atoms with Crippen LogP contribution in [0.15, 0.2) is 18.2 Å². The maximum absolute atomic E-state index is 13.2. The van der Waals surface area contributed by atoms with Gasteiger partial charge in [-0.1, -0.05) is 6.07 Å². The number of nitrogens with two attached hydrogens (primary N) is 1. The molecule has 18 heavy (non-hydrogen) atoms. The Hall–Kier alpha value is -1.20. The molecule has 0 unspecified atom stereocenters. The molecule has 100 valence electrons. The molecule has 6 heteroatoms. The zero-order valence-electron chi connectivity index (χ0n) is 9.71. The fourth-order valence-electron chi connectivity index (χ4n) is 1.61. The van der Waals surface area contributed by atoms with Crippen LogP contribution in [0.1, 0.15) is 18.4 Å². The first kappa shape index (κ1) is 14.9. The van der Waals surface area contributed by atoms with Crippen LogP contribution in [0.2, 0.25) is 0 Å². The third-order valence-electron chi connectivity index (χ3n) is 2.96. The molecule has 2 rings (SSSR count). The molecule has 1 amide bonds. The van der Waals surface area contributed by atoms with Crippen molar-refractivity contribution in [3.63, 3.8) is 0 Å². The van der Waals surface area contributed by atoms with E-state index in [1.54, 1.807) is 0 Å². The molecular weight excluding hydrogens is 262 g/mol. The van der Waals surface area contributed by atoms with Gasteiger partial charge in [0, 0.05) is 12.1 Å². The van der Waals surface area contributed by atoms with Gasteiger partial charge in [-0.05, 0) is 31.4 Å². The van der Waals surface area contributed by atoms with Gasteiger partial charge in [0.25, 0.3) is 0 Å². The lowest BCUT2D eigenvalue weighted by Crippen LogP contribution is -2.43. The minimum atomic E-state index is -0.742. The minimum Gasteiger partial charge on any atom is -0.354 e. The molecule has 0 atom stereocenters. The molecule has 1 fully saturated rings. The van der Waals surface area contributed by atoms with E-state index in [0.717, 1.165) is 0 Å². The van der Waals surface area contributed by atoms with Gasteiger partial charge in [-0.2, -0.15) is 0 Å². The summed E-state index contributed by atoms with van der Waals surface area (Å²) in [6, 6.07) is 3.71. The number of carbonyl (C=O) groups is 1. The van der Waals surface area contributed by atoms with Gasteiger partial charge in [0.05, 0.1) is 5.54 Å². The predicted octanol–water partition coefficient (Wildman–Crippen LogP) is 1.54. The summed E-state index contributed by atoms with van der Waals surface area (Å²) in [6.45, 7) is 0.190. The van der Waals surface area contributed by atoms with E-state index in [9.17, 15) is 13.6 Å². The topological polar surface area (TPSA) is 55.1 Å². The van der Waals surface area contributed by atoms with Gasteiger partial charge >= 0.3 is 0 Å². The molecule has 1 saturated carbocycles. The minimum absolute atomic E-state index is 0. The number of benzene rings is 1. The van der Waals surface area contributed by atoms with Crippen LogP contribution in [0.5, 0.6) is 0 Å². The lowest BCUT2D eigenvalue weighted by Gasteiger charge is -2.10. The molecule has 0 saturated heterocycles. The second-order valence-electron chi connectivity index (χ2n) is 4.36. The molecule has 0 aliphatic heterocycles. The van der Waals surface area contributed by atoms with Crippen molar-refractivity contribution in [3.8, 4) is 0 Å². The van der Waals surface area contributed by atoms with E-state index in [4.69, 9.17) is 5.73 Å². The average Bonchev–Trinajstić information content (AvgIpc) is 3.02. The van der Waals surface area contributed by atoms with Crippen LogP contribution in [0, 0.1) is 11.6 Å². The van der Waals surface area contributed by atoms with Crippen molar-refractivity contribution in [1.29, 1.82) is 0 Å². The molecule has 3 N–H and O–H groups in total. The fourth-order valence-corrected chi connectivity index (χ4v) is 1.61. The lowest BCUT2D eigenvalue weighted by molar-refractivity contribution is -0.123. The number of hydrogen-bond acceptors (Lipinski definition) is 2. The van der Waals surface area contributed by atoms with Crippen LogP contribution in [0.25, 0.3) is 0 Å². The fraction of sp³-hybridized carbons (Fsp3) is 0.417. The molecule has 0 radical (unpaired) electrons. The van der Waals surface area contributed by atoms with Gasteiger partial charge in [-0.25, -0.2) is 8.78 Å². The molecule has 0 spiro atoms. The van der Waals surface area contributed by atoms with Gasteiger partial charge in [-0.15, -0.1) is 12.4 Å². The van der Waals surface area contributed by atoms with Crippen molar-refractivity contribution >= 4 is 18.3 Å². The monoisotopic (exact) mass is 276 g/mol. The first-order valence-electron chi connectivity index (χ1n) is 5.53. The van der Waals surface area contributed by atoms with Crippen molar-refractivity contribution in [2.75, 3.05) is 6.54 Å². The van der Waals surface area contributed by atoms with Crippen LogP contribution in [0.4, 0.5) is 8.78 Å². The lowest BCUT2D eigenvalue weighted by atomic mass is 10.1. The summed E-state index contributed by atoms with van der Waals surface area (Å²) < 4.78 is 26.5. The second kappa shape index (κ2) is 5.63. The van der Waals surface area contributed by atoms with E-state index >= 15 is 0 Å². The number of rotatable bonds is 4. The van der Waals surface area contributed by atoms with Gasteiger partial charge in [-0.3, -0.25) is 4.79 Å². The first-order valence-corrected chi connectivity index (χ1v) is 5.53. The first-order chi connectivity index (χ1) is 8.03. The Morgan fingerprint density at radius 1 is 1.33 bits per heavy atom. The summed E-state index contributed by atoms with van der Waals surface area (Å²) in [5.74, 6) is -1.42. The summed E-state index contributed by atoms with van der Waals surface area (Å²) in [4.78, 5) is 11.5. The van der Waals surface area contributed by atoms with E-state index in [1.165, 1.54) is 18.2 Å². The second-order valence-corrected chi connectivity index (χ2v) is 4.36. The quantitative estimate of drug-likeness (QED) is 0.876. The normalized spacial score (nSPS) is 15.7. The standard InChI is InChI=1S/C12H14F2N2O.ClH/c13-9-2-1-3-10(14)8(9)4-7-16-11(17)12(15)5-6-12;/h1-3H,4-7,15H2,(H,16,17);1H. The van der Waals surface area contributed by atoms with Crippen molar-refractivity contribution in [2.45, 2.75) is 24.8 Å². The molecule has 1 aromatic carbocycles. The van der Waals surface area contributed by atoms with Gasteiger partial charge < -0.3 is 11.1 Å². The number of carbonyl (C=O) groups excluding carboxylic acids is 1. The Morgan fingerprint density at radius 3 is 2.39 bits per heavy atom. The van der Waals surface area contributed by atoms with E-state index in [0.29, 0.717) is 12.8 Å². The zero-order chi connectivity index (χ0) is 12.5. The maximum atomic E-state index is 13.2. The third-order valence-corrected chi connectivity index (χ3v) is 2.96. The molecule has 1 aliphatic rings. The summed E-state index contributed by atoms with van der Waals surface area (Å²) in [5, 5.41) is 2.59. The predicted molar refractivity (Wildman–Crippen MR) is 66.5 cm³/mol. The molecule has 0 aromatic heterocycles. The number of halogens is 3. The van der Waals surface area contributed by atoms with Gasteiger partial charge in [0.15, 0.2) is 0 Å². The summed E-state index contributed by atoms with van der Waals surface area (Å²) in [6.07, 6.45) is 1.47. The number of nitrogens with one attached hydrogen (secondary N) is 1. The van der Waals surface area contributed by atoms with E-state index in [-0.39, 0.29) is 36.8 Å². The molecule has 3 nitrogen and oxygen atoms in total. The van der Waals surface area contributed by atoms with Crippen LogP contribution >= 0.6 is 12.4 Å². The maximum Gasteiger partial charge on any atom is 0.240 e. The number of amides is 1. The third kappa shape index (κ3) is 3.17. The van der Waals surface area contributed by atoms with Crippen LogP contribution in [-0.2, 0) is 11.2 Å². The highest BCUT2D eigenvalue weighted by Crippen LogP contribution is 2.31. The van der Waals surface area contributed by atoms with Crippen molar-refractivity contribution < 1.29 is 13.6 Å². The Kier molecular flexibility index (Phi) is 4.65. The average molecular weight is 277 g/mol. The van der Waals surface area contributed by atoms with Gasteiger partial charge in [0.1, 0.15) is 11.6 Å². The summed E-state index contributed by atoms with van der Waals surface area (Å²) in [7, 11) is 0. The van der Waals surface area contributed by atoms with Gasteiger partial charge in [0.2, 0.25) is 5.91 Å². The Labute approximate surface area is 110 Å². The molecule has 0 bridgehead atoms. The Morgan fingerprint density at radius 2 is 1.89 bits per heavy atom. The highest BCUT2D eigenvalue weighted by molar-refractivity contribution is 5.88. The van der Waals surface area contributed by atoms with Crippen molar-refractivity contribution in [2.24, 2.45) is 5.73 Å². The smallest absolute Gasteiger partial charge is 0.240 e.